The predicted octanol–water partition coefficient (Wildman–Crippen LogP) is 6.59. The van der Waals surface area contributed by atoms with Crippen molar-refractivity contribution in [3.8, 4) is 0 Å². The Bertz CT molecular complexity index is 139. The lowest BCUT2D eigenvalue weighted by atomic mass is 9.96. The highest BCUT2D eigenvalue weighted by atomic mass is 14.1. The summed E-state index contributed by atoms with van der Waals surface area (Å²) >= 11 is 0. The zero-order valence-electron chi connectivity index (χ0n) is 12.9. The summed E-state index contributed by atoms with van der Waals surface area (Å²) in [6.07, 6.45) is 15.8. The standard InChI is InChI=1S/C17H36/c1-5-7-13-17(4)15-12-10-8-9-11-14-16(3)6-2/h16-17H,5-15H2,1-4H3. The predicted molar refractivity (Wildman–Crippen MR) is 80.5 cm³/mol. The van der Waals surface area contributed by atoms with Crippen LogP contribution in [0.15, 0.2) is 0 Å². The molecule has 0 heterocycles. The van der Waals surface area contributed by atoms with Crippen molar-refractivity contribution in [2.24, 2.45) is 11.8 Å². The molecule has 104 valence electrons. The van der Waals surface area contributed by atoms with Crippen LogP contribution in [-0.4, -0.2) is 0 Å². The molecule has 0 aromatic rings. The van der Waals surface area contributed by atoms with Gasteiger partial charge in [-0.15, -0.1) is 0 Å². The molecule has 0 amide bonds. The third-order valence-corrected chi connectivity index (χ3v) is 4.14. The summed E-state index contributed by atoms with van der Waals surface area (Å²) < 4.78 is 0. The van der Waals surface area contributed by atoms with Crippen LogP contribution in [0, 0.1) is 11.8 Å². The van der Waals surface area contributed by atoms with Gasteiger partial charge in [0, 0.05) is 0 Å². The number of hydrogen-bond acceptors (Lipinski definition) is 0. The Labute approximate surface area is 111 Å². The number of hydrogen-bond donors (Lipinski definition) is 0. The molecule has 2 atom stereocenters. The van der Waals surface area contributed by atoms with E-state index in [4.69, 9.17) is 0 Å². The molecule has 0 aromatic carbocycles. The average Bonchev–Trinajstić information content (AvgIpc) is 2.34. The van der Waals surface area contributed by atoms with Gasteiger partial charge in [-0.25, -0.2) is 0 Å². The largest absolute Gasteiger partial charge is 0.0654 e. The van der Waals surface area contributed by atoms with E-state index in [-0.39, 0.29) is 0 Å². The first-order valence-corrected chi connectivity index (χ1v) is 8.20. The van der Waals surface area contributed by atoms with Gasteiger partial charge in [-0.05, 0) is 11.8 Å². The fourth-order valence-corrected chi connectivity index (χ4v) is 2.42. The maximum Gasteiger partial charge on any atom is -0.0443 e. The van der Waals surface area contributed by atoms with Crippen LogP contribution in [0.3, 0.4) is 0 Å². The van der Waals surface area contributed by atoms with Crippen LogP contribution in [0.1, 0.15) is 98.3 Å². The van der Waals surface area contributed by atoms with E-state index >= 15 is 0 Å². The second-order valence-electron chi connectivity index (χ2n) is 6.11. The van der Waals surface area contributed by atoms with E-state index in [1.807, 2.05) is 0 Å². The molecular weight excluding hydrogens is 204 g/mol. The highest BCUT2D eigenvalue weighted by Gasteiger charge is 2.01. The number of rotatable bonds is 12. The van der Waals surface area contributed by atoms with Crippen LogP contribution in [0.4, 0.5) is 0 Å². The minimum atomic E-state index is 0.948. The maximum atomic E-state index is 2.43. The SMILES string of the molecule is CCCCC(C)CCCCCCCC(C)CC. The van der Waals surface area contributed by atoms with E-state index in [9.17, 15) is 0 Å². The van der Waals surface area contributed by atoms with Crippen molar-refractivity contribution >= 4 is 0 Å². The third kappa shape index (κ3) is 12.2. The lowest BCUT2D eigenvalue weighted by Gasteiger charge is -2.10. The van der Waals surface area contributed by atoms with Gasteiger partial charge in [0.2, 0.25) is 0 Å². The van der Waals surface area contributed by atoms with E-state index in [2.05, 4.69) is 27.7 Å². The van der Waals surface area contributed by atoms with E-state index in [1.54, 1.807) is 0 Å². The summed E-state index contributed by atoms with van der Waals surface area (Å²) in [7, 11) is 0. The Kier molecular flexibility index (Phi) is 12.5. The van der Waals surface area contributed by atoms with Crippen LogP contribution < -0.4 is 0 Å². The average molecular weight is 240 g/mol. The van der Waals surface area contributed by atoms with Gasteiger partial charge in [0.25, 0.3) is 0 Å². The molecule has 0 fully saturated rings. The molecule has 0 radical (unpaired) electrons. The van der Waals surface area contributed by atoms with Crippen molar-refractivity contribution in [3.63, 3.8) is 0 Å². The van der Waals surface area contributed by atoms with Crippen LogP contribution in [0.5, 0.6) is 0 Å². The van der Waals surface area contributed by atoms with Crippen LogP contribution in [0.2, 0.25) is 0 Å². The first-order valence-electron chi connectivity index (χ1n) is 8.20. The molecule has 17 heavy (non-hydrogen) atoms. The summed E-state index contributed by atoms with van der Waals surface area (Å²) in [4.78, 5) is 0. The first-order chi connectivity index (χ1) is 8.20. The van der Waals surface area contributed by atoms with E-state index in [0.29, 0.717) is 0 Å². The van der Waals surface area contributed by atoms with Crippen molar-refractivity contribution in [1.82, 2.24) is 0 Å². The molecule has 0 heteroatoms. The van der Waals surface area contributed by atoms with Crippen molar-refractivity contribution in [3.05, 3.63) is 0 Å². The van der Waals surface area contributed by atoms with E-state index in [0.717, 1.165) is 11.8 Å². The second kappa shape index (κ2) is 12.5. The first kappa shape index (κ1) is 17.0. The van der Waals surface area contributed by atoms with Gasteiger partial charge in [-0.1, -0.05) is 98.3 Å². The molecule has 0 N–H and O–H groups in total. The molecule has 2 unspecified atom stereocenters. The monoisotopic (exact) mass is 240 g/mol. The fraction of sp³-hybridized carbons (Fsp3) is 1.00. The Morgan fingerprint density at radius 3 is 1.59 bits per heavy atom. The zero-order valence-corrected chi connectivity index (χ0v) is 12.9. The van der Waals surface area contributed by atoms with Gasteiger partial charge in [-0.2, -0.15) is 0 Å². The van der Waals surface area contributed by atoms with Gasteiger partial charge in [0.15, 0.2) is 0 Å². The Balaban J connectivity index is 3.12. The molecule has 0 aliphatic carbocycles. The fourth-order valence-electron chi connectivity index (χ4n) is 2.42. The number of unbranched alkanes of at least 4 members (excludes halogenated alkanes) is 5. The summed E-state index contributed by atoms with van der Waals surface area (Å²) in [5, 5.41) is 0. The third-order valence-electron chi connectivity index (χ3n) is 4.14. The van der Waals surface area contributed by atoms with Gasteiger partial charge in [-0.3, -0.25) is 0 Å². The molecule has 0 saturated carbocycles. The van der Waals surface area contributed by atoms with Crippen LogP contribution >= 0.6 is 0 Å². The molecule has 0 spiro atoms. The van der Waals surface area contributed by atoms with Gasteiger partial charge < -0.3 is 0 Å². The summed E-state index contributed by atoms with van der Waals surface area (Å²) in [6, 6.07) is 0. The van der Waals surface area contributed by atoms with Gasteiger partial charge in [0.1, 0.15) is 0 Å². The molecule has 0 aromatic heterocycles. The molecule has 0 aliphatic heterocycles. The molecule has 0 saturated heterocycles. The molecular formula is C17H36. The summed E-state index contributed by atoms with van der Waals surface area (Å²) in [5.41, 5.74) is 0. The van der Waals surface area contributed by atoms with Crippen molar-refractivity contribution < 1.29 is 0 Å². The molecule has 0 nitrogen and oxygen atoms in total. The summed E-state index contributed by atoms with van der Waals surface area (Å²) in [5.74, 6) is 1.92. The minimum Gasteiger partial charge on any atom is -0.0654 e. The van der Waals surface area contributed by atoms with Crippen molar-refractivity contribution in [1.29, 1.82) is 0 Å². The normalized spacial score (nSPS) is 14.8. The smallest absolute Gasteiger partial charge is 0.0443 e. The van der Waals surface area contributed by atoms with Crippen molar-refractivity contribution in [2.75, 3.05) is 0 Å². The minimum absolute atomic E-state index is 0.948. The second-order valence-corrected chi connectivity index (χ2v) is 6.11. The lowest BCUT2D eigenvalue weighted by molar-refractivity contribution is 0.433. The molecule has 0 rings (SSSR count). The Morgan fingerprint density at radius 1 is 0.588 bits per heavy atom. The van der Waals surface area contributed by atoms with E-state index < -0.39 is 0 Å². The van der Waals surface area contributed by atoms with Crippen LogP contribution in [-0.2, 0) is 0 Å². The lowest BCUT2D eigenvalue weighted by Crippen LogP contribution is -1.95. The summed E-state index contributed by atoms with van der Waals surface area (Å²) in [6.45, 7) is 9.42. The van der Waals surface area contributed by atoms with E-state index in [1.165, 1.54) is 70.6 Å². The highest BCUT2D eigenvalue weighted by molar-refractivity contribution is 4.55. The topological polar surface area (TPSA) is 0 Å². The highest BCUT2D eigenvalue weighted by Crippen LogP contribution is 2.18. The van der Waals surface area contributed by atoms with Crippen molar-refractivity contribution in [2.45, 2.75) is 98.3 Å². The maximum absolute atomic E-state index is 2.43. The van der Waals surface area contributed by atoms with Gasteiger partial charge in [0.05, 0.1) is 0 Å². The van der Waals surface area contributed by atoms with Crippen LogP contribution in [0.25, 0.3) is 0 Å². The zero-order chi connectivity index (χ0) is 12.9. The molecule has 0 bridgehead atoms. The quantitative estimate of drug-likeness (QED) is 0.338. The van der Waals surface area contributed by atoms with Gasteiger partial charge >= 0.3 is 0 Å². The Morgan fingerprint density at radius 2 is 1.06 bits per heavy atom. The Hall–Kier alpha value is 0. The molecule has 0 aliphatic rings.